The molecule has 1 amide bonds. The Labute approximate surface area is 196 Å². The summed E-state index contributed by atoms with van der Waals surface area (Å²) >= 11 is 0. The third kappa shape index (κ3) is 6.28. The number of rotatable bonds is 7. The summed E-state index contributed by atoms with van der Waals surface area (Å²) in [6, 6.07) is 10.4. The molecule has 0 atom stereocenters. The number of carbonyl (C=O) groups is 1. The van der Waals surface area contributed by atoms with Crippen LogP contribution in [0.1, 0.15) is 56.1 Å². The van der Waals surface area contributed by atoms with E-state index in [0.717, 1.165) is 38.2 Å². The van der Waals surface area contributed by atoms with Gasteiger partial charge in [0.1, 0.15) is 5.84 Å². The van der Waals surface area contributed by atoms with Gasteiger partial charge in [-0.2, -0.15) is 0 Å². The van der Waals surface area contributed by atoms with Crippen LogP contribution in [0.2, 0.25) is 0 Å². The van der Waals surface area contributed by atoms with Crippen LogP contribution < -0.4 is 11.1 Å². The molecule has 2 aromatic rings. The van der Waals surface area contributed by atoms with Crippen molar-refractivity contribution in [2.45, 2.75) is 45.4 Å². The van der Waals surface area contributed by atoms with Crippen molar-refractivity contribution >= 4 is 17.6 Å². The van der Waals surface area contributed by atoms with E-state index in [0.29, 0.717) is 6.54 Å². The van der Waals surface area contributed by atoms with E-state index >= 15 is 0 Å². The molecule has 1 aromatic heterocycles. The molecule has 3 N–H and O–H groups in total. The number of allylic oxidation sites excluding steroid dienone is 3. The molecule has 0 saturated carbocycles. The van der Waals surface area contributed by atoms with Crippen LogP contribution in [0, 0.1) is 0 Å². The molecule has 7 heteroatoms. The number of nitrogens with zero attached hydrogens (tertiary/aromatic N) is 4. The lowest BCUT2D eigenvalue weighted by Crippen LogP contribution is -2.50. The standard InChI is InChI=1S/C26H34N6O/c1-4-20(2)9-8-14-28-21(3)32-17-12-26(13-18-32,22-10-6-5-7-11-22)19-31-25(33)23-24(27)30-16-15-29-23/h5-11,14-16H,4,12-13,17-19H2,1-3H3,(H2,27,30)(H,31,33)/b14-8-,20-9+,28-21?. The van der Waals surface area contributed by atoms with Crippen LogP contribution in [0.25, 0.3) is 0 Å². The maximum atomic E-state index is 12.7. The molecule has 0 radical (unpaired) electrons. The average molecular weight is 447 g/mol. The zero-order valence-electron chi connectivity index (χ0n) is 19.8. The fraction of sp³-hybridized carbons (Fsp3) is 0.385. The molecule has 174 valence electrons. The number of amides is 1. The molecule has 1 aliphatic rings. The maximum absolute atomic E-state index is 12.7. The lowest BCUT2D eigenvalue weighted by atomic mass is 9.72. The lowest BCUT2D eigenvalue weighted by molar-refractivity contribution is 0.0928. The van der Waals surface area contributed by atoms with Crippen molar-refractivity contribution in [1.82, 2.24) is 20.2 Å². The van der Waals surface area contributed by atoms with E-state index in [1.807, 2.05) is 18.3 Å². The van der Waals surface area contributed by atoms with Gasteiger partial charge >= 0.3 is 0 Å². The lowest BCUT2D eigenvalue weighted by Gasteiger charge is -2.43. The number of anilines is 1. The molecule has 0 aliphatic carbocycles. The summed E-state index contributed by atoms with van der Waals surface area (Å²) in [6.07, 6.45) is 11.8. The highest BCUT2D eigenvalue weighted by Gasteiger charge is 2.37. The topological polar surface area (TPSA) is 96.5 Å². The van der Waals surface area contributed by atoms with Crippen molar-refractivity contribution < 1.29 is 4.79 Å². The second-order valence-electron chi connectivity index (χ2n) is 8.49. The van der Waals surface area contributed by atoms with Gasteiger partial charge in [0.25, 0.3) is 5.91 Å². The van der Waals surface area contributed by atoms with Crippen LogP contribution in [0.4, 0.5) is 5.82 Å². The number of nitrogens with one attached hydrogen (secondary N) is 1. The molecule has 33 heavy (non-hydrogen) atoms. The van der Waals surface area contributed by atoms with E-state index in [9.17, 15) is 4.79 Å². The maximum Gasteiger partial charge on any atom is 0.273 e. The predicted octanol–water partition coefficient (Wildman–Crippen LogP) is 4.11. The van der Waals surface area contributed by atoms with Crippen molar-refractivity contribution in [2.24, 2.45) is 4.99 Å². The van der Waals surface area contributed by atoms with Gasteiger partial charge in [0.15, 0.2) is 11.5 Å². The molecule has 7 nitrogen and oxygen atoms in total. The van der Waals surface area contributed by atoms with Gasteiger partial charge in [0, 0.05) is 43.6 Å². The SMILES string of the molecule is CC/C(C)=C/C=C\N=C(C)N1CCC(CNC(=O)c2nccnc2N)(c2ccccc2)CC1. The zero-order chi connectivity index (χ0) is 23.7. The van der Waals surface area contributed by atoms with Crippen molar-refractivity contribution in [3.05, 3.63) is 77.9 Å². The molecule has 0 unspecified atom stereocenters. The number of nitrogen functional groups attached to an aromatic ring is 1. The second kappa shape index (κ2) is 11.4. The molecule has 1 aromatic carbocycles. The first-order chi connectivity index (χ1) is 15.9. The average Bonchev–Trinajstić information content (AvgIpc) is 2.86. The Morgan fingerprint density at radius 3 is 2.55 bits per heavy atom. The molecule has 1 aliphatic heterocycles. The fourth-order valence-corrected chi connectivity index (χ4v) is 4.03. The number of benzene rings is 1. The van der Waals surface area contributed by atoms with Crippen LogP contribution in [-0.2, 0) is 5.41 Å². The highest BCUT2D eigenvalue weighted by molar-refractivity contribution is 5.96. The Morgan fingerprint density at radius 1 is 1.18 bits per heavy atom. The number of hydrogen-bond donors (Lipinski definition) is 2. The first kappa shape index (κ1) is 24.2. The summed E-state index contributed by atoms with van der Waals surface area (Å²) in [5.41, 5.74) is 8.40. The van der Waals surface area contributed by atoms with Gasteiger partial charge in [-0.1, -0.05) is 48.9 Å². The Kier molecular flexibility index (Phi) is 8.35. The van der Waals surface area contributed by atoms with Crippen molar-refractivity contribution in [3.8, 4) is 0 Å². The Balaban J connectivity index is 1.70. The minimum Gasteiger partial charge on any atom is -0.382 e. The number of aliphatic imine (C=N–C) groups is 1. The van der Waals surface area contributed by atoms with Crippen LogP contribution in [0.3, 0.4) is 0 Å². The second-order valence-corrected chi connectivity index (χ2v) is 8.49. The molecule has 0 bridgehead atoms. The van der Waals surface area contributed by atoms with Crippen LogP contribution >= 0.6 is 0 Å². The number of aromatic nitrogens is 2. The molecule has 1 fully saturated rings. The van der Waals surface area contributed by atoms with E-state index in [2.05, 4.69) is 76.3 Å². The number of carbonyl (C=O) groups excluding carboxylic acids is 1. The van der Waals surface area contributed by atoms with Crippen LogP contribution in [-0.4, -0.2) is 46.2 Å². The van der Waals surface area contributed by atoms with Gasteiger partial charge in [-0.3, -0.25) is 4.79 Å². The zero-order valence-corrected chi connectivity index (χ0v) is 19.8. The first-order valence-corrected chi connectivity index (χ1v) is 11.5. The Bertz CT molecular complexity index is 1020. The summed E-state index contributed by atoms with van der Waals surface area (Å²) < 4.78 is 0. The summed E-state index contributed by atoms with van der Waals surface area (Å²) in [6.45, 7) is 8.56. The molecule has 1 saturated heterocycles. The van der Waals surface area contributed by atoms with E-state index in [4.69, 9.17) is 5.73 Å². The normalized spacial score (nSPS) is 16.8. The van der Waals surface area contributed by atoms with Crippen molar-refractivity contribution in [1.29, 1.82) is 0 Å². The van der Waals surface area contributed by atoms with E-state index in [1.165, 1.54) is 23.5 Å². The summed E-state index contributed by atoms with van der Waals surface area (Å²) in [4.78, 5) is 27.7. The van der Waals surface area contributed by atoms with Crippen LogP contribution in [0.15, 0.2) is 71.6 Å². The van der Waals surface area contributed by atoms with Gasteiger partial charge < -0.3 is 16.0 Å². The smallest absolute Gasteiger partial charge is 0.273 e. The Morgan fingerprint density at radius 2 is 1.88 bits per heavy atom. The largest absolute Gasteiger partial charge is 0.382 e. The molecule has 2 heterocycles. The third-order valence-electron chi connectivity index (χ3n) is 6.38. The van der Waals surface area contributed by atoms with E-state index < -0.39 is 0 Å². The number of nitrogens with two attached hydrogens (primary N) is 1. The summed E-state index contributed by atoms with van der Waals surface area (Å²) in [5, 5.41) is 3.06. The highest BCUT2D eigenvalue weighted by atomic mass is 16.1. The third-order valence-corrected chi connectivity index (χ3v) is 6.38. The van der Waals surface area contributed by atoms with Gasteiger partial charge in [0.2, 0.25) is 0 Å². The fourth-order valence-electron chi connectivity index (χ4n) is 4.03. The van der Waals surface area contributed by atoms with E-state index in [1.54, 1.807) is 0 Å². The molecular formula is C26H34N6O. The van der Waals surface area contributed by atoms with Crippen molar-refractivity contribution in [2.75, 3.05) is 25.4 Å². The summed E-state index contributed by atoms with van der Waals surface area (Å²) in [7, 11) is 0. The van der Waals surface area contributed by atoms with Gasteiger partial charge in [-0.05, 0) is 44.7 Å². The quantitative estimate of drug-likeness (QED) is 0.379. The highest BCUT2D eigenvalue weighted by Crippen LogP contribution is 2.35. The molecular weight excluding hydrogens is 412 g/mol. The Hall–Kier alpha value is -3.48. The number of amidine groups is 1. The number of likely N-dealkylation sites (tertiary alicyclic amines) is 1. The molecule has 3 rings (SSSR count). The number of piperidine rings is 1. The van der Waals surface area contributed by atoms with Crippen LogP contribution in [0.5, 0.6) is 0 Å². The minimum atomic E-state index is -0.295. The molecule has 0 spiro atoms. The van der Waals surface area contributed by atoms with Gasteiger partial charge in [0.05, 0.1) is 0 Å². The minimum absolute atomic E-state index is 0.141. The van der Waals surface area contributed by atoms with Gasteiger partial charge in [-0.25, -0.2) is 15.0 Å². The van der Waals surface area contributed by atoms with E-state index in [-0.39, 0.29) is 22.8 Å². The first-order valence-electron chi connectivity index (χ1n) is 11.5. The van der Waals surface area contributed by atoms with Gasteiger partial charge in [-0.15, -0.1) is 0 Å². The monoisotopic (exact) mass is 446 g/mol. The van der Waals surface area contributed by atoms with Crippen molar-refractivity contribution in [3.63, 3.8) is 0 Å². The number of hydrogen-bond acceptors (Lipinski definition) is 5. The summed E-state index contributed by atoms with van der Waals surface area (Å²) in [5.74, 6) is 0.853. The predicted molar refractivity (Wildman–Crippen MR) is 134 cm³/mol.